The van der Waals surface area contributed by atoms with Gasteiger partial charge in [0.1, 0.15) is 12.7 Å². The van der Waals surface area contributed by atoms with Gasteiger partial charge in [-0.25, -0.2) is 0 Å². The molecule has 4 nitrogen and oxygen atoms in total. The van der Waals surface area contributed by atoms with E-state index in [1.165, 1.54) is 12.5 Å². The van der Waals surface area contributed by atoms with Crippen LogP contribution in [-0.4, -0.2) is 38.1 Å². The molecule has 4 atom stereocenters. The summed E-state index contributed by atoms with van der Waals surface area (Å²) in [4.78, 5) is 0. The third kappa shape index (κ3) is 3.01. The second-order valence-corrected chi connectivity index (χ2v) is 4.41. The lowest BCUT2D eigenvalue weighted by atomic mass is 9.88. The van der Waals surface area contributed by atoms with Crippen molar-refractivity contribution in [3.8, 4) is 0 Å². The predicted molar refractivity (Wildman–Crippen MR) is 63.4 cm³/mol. The molecular formula is C13H20O4. The van der Waals surface area contributed by atoms with Crippen molar-refractivity contribution in [1.82, 2.24) is 0 Å². The first-order chi connectivity index (χ1) is 8.35. The Bertz CT molecular complexity index is 266. The summed E-state index contributed by atoms with van der Waals surface area (Å²) in [5, 5.41) is 0. The van der Waals surface area contributed by atoms with Gasteiger partial charge in [0.05, 0.1) is 37.9 Å². The molecule has 0 amide bonds. The molecule has 0 aliphatic carbocycles. The van der Waals surface area contributed by atoms with Crippen LogP contribution < -0.4 is 0 Å². The summed E-state index contributed by atoms with van der Waals surface area (Å²) in [6.07, 6.45) is 5.64. The second-order valence-electron chi connectivity index (χ2n) is 4.41. The van der Waals surface area contributed by atoms with Gasteiger partial charge in [-0.3, -0.25) is 0 Å². The lowest BCUT2D eigenvalue weighted by Gasteiger charge is -2.25. The molecular weight excluding hydrogens is 220 g/mol. The minimum atomic E-state index is 0.157. The van der Waals surface area contributed by atoms with E-state index in [1.54, 1.807) is 0 Å². The van der Waals surface area contributed by atoms with Gasteiger partial charge in [-0.1, -0.05) is 13.2 Å². The molecule has 96 valence electrons. The van der Waals surface area contributed by atoms with E-state index in [0.717, 1.165) is 12.8 Å². The topological polar surface area (TPSA) is 36.9 Å². The molecule has 0 aromatic rings. The highest BCUT2D eigenvalue weighted by atomic mass is 16.6. The van der Waals surface area contributed by atoms with E-state index < -0.39 is 0 Å². The van der Waals surface area contributed by atoms with Gasteiger partial charge in [0.2, 0.25) is 0 Å². The van der Waals surface area contributed by atoms with Crippen molar-refractivity contribution in [2.45, 2.75) is 31.2 Å². The van der Waals surface area contributed by atoms with Crippen molar-refractivity contribution in [3.05, 3.63) is 25.7 Å². The molecule has 2 bridgehead atoms. The predicted octanol–water partition coefficient (Wildman–Crippen LogP) is 1.87. The van der Waals surface area contributed by atoms with Gasteiger partial charge in [-0.15, -0.1) is 0 Å². The fourth-order valence-electron chi connectivity index (χ4n) is 2.64. The van der Waals surface area contributed by atoms with Gasteiger partial charge in [-0.05, 0) is 6.42 Å². The van der Waals surface area contributed by atoms with Crippen LogP contribution in [0.4, 0.5) is 0 Å². The van der Waals surface area contributed by atoms with Gasteiger partial charge in [-0.2, -0.15) is 0 Å². The highest BCUT2D eigenvalue weighted by Crippen LogP contribution is 2.40. The van der Waals surface area contributed by atoms with Crippen LogP contribution in [0.15, 0.2) is 25.7 Å². The normalized spacial score (nSPS) is 34.6. The van der Waals surface area contributed by atoms with Crippen LogP contribution in [-0.2, 0) is 18.9 Å². The van der Waals surface area contributed by atoms with Gasteiger partial charge in [0.15, 0.2) is 0 Å². The zero-order valence-corrected chi connectivity index (χ0v) is 10.0. The molecule has 2 aliphatic heterocycles. The summed E-state index contributed by atoms with van der Waals surface area (Å²) in [5.74, 6) is 0.433. The van der Waals surface area contributed by atoms with Crippen LogP contribution >= 0.6 is 0 Å². The zero-order chi connectivity index (χ0) is 12.1. The Hall–Kier alpha value is -1.00. The second kappa shape index (κ2) is 6.07. The average molecular weight is 240 g/mol. The number of hydrogen-bond acceptors (Lipinski definition) is 4. The maximum Gasteiger partial charge on any atom is 0.127 e. The SMILES string of the molecule is C=COCCOCC1CC2CC(OC=C)C1O2. The van der Waals surface area contributed by atoms with Crippen molar-refractivity contribution in [2.24, 2.45) is 5.92 Å². The minimum Gasteiger partial charge on any atom is -0.499 e. The van der Waals surface area contributed by atoms with Crippen LogP contribution in [0.1, 0.15) is 12.8 Å². The zero-order valence-electron chi connectivity index (χ0n) is 10.0. The summed E-state index contributed by atoms with van der Waals surface area (Å²) in [6.45, 7) is 8.92. The molecule has 0 aromatic carbocycles. The van der Waals surface area contributed by atoms with Gasteiger partial charge >= 0.3 is 0 Å². The molecule has 2 rings (SSSR count). The minimum absolute atomic E-state index is 0.157. The molecule has 2 saturated heterocycles. The molecule has 4 heteroatoms. The maximum absolute atomic E-state index is 5.83. The number of rotatable bonds is 8. The number of fused-ring (bicyclic) bond motifs is 2. The molecule has 0 N–H and O–H groups in total. The van der Waals surface area contributed by atoms with E-state index >= 15 is 0 Å². The average Bonchev–Trinajstić information content (AvgIpc) is 2.88. The lowest BCUT2D eigenvalue weighted by Crippen LogP contribution is -2.34. The summed E-state index contributed by atoms with van der Waals surface area (Å²) < 4.78 is 21.8. The summed E-state index contributed by atoms with van der Waals surface area (Å²) >= 11 is 0. The molecule has 17 heavy (non-hydrogen) atoms. The van der Waals surface area contributed by atoms with Crippen LogP contribution in [0, 0.1) is 5.92 Å². The Kier molecular flexibility index (Phi) is 4.45. The summed E-state index contributed by atoms with van der Waals surface area (Å²) in [5.41, 5.74) is 0. The van der Waals surface area contributed by atoms with Crippen molar-refractivity contribution >= 4 is 0 Å². The van der Waals surface area contributed by atoms with Crippen LogP contribution in [0.3, 0.4) is 0 Å². The monoisotopic (exact) mass is 240 g/mol. The molecule has 4 unspecified atom stereocenters. The smallest absolute Gasteiger partial charge is 0.127 e. The first-order valence-corrected chi connectivity index (χ1v) is 6.07. The van der Waals surface area contributed by atoms with Gasteiger partial charge in [0, 0.05) is 12.3 Å². The quantitative estimate of drug-likeness (QED) is 0.479. The fraction of sp³-hybridized carbons (Fsp3) is 0.692. The van der Waals surface area contributed by atoms with E-state index in [2.05, 4.69) is 13.2 Å². The van der Waals surface area contributed by atoms with Crippen LogP contribution in [0.25, 0.3) is 0 Å². The molecule has 0 spiro atoms. The lowest BCUT2D eigenvalue weighted by molar-refractivity contribution is -0.00892. The van der Waals surface area contributed by atoms with E-state index in [0.29, 0.717) is 31.8 Å². The van der Waals surface area contributed by atoms with Gasteiger partial charge < -0.3 is 18.9 Å². The number of ether oxygens (including phenoxy) is 4. The van der Waals surface area contributed by atoms with Crippen LogP contribution in [0.2, 0.25) is 0 Å². The Labute approximate surface area is 102 Å². The summed E-state index contributed by atoms with van der Waals surface area (Å²) in [7, 11) is 0. The van der Waals surface area contributed by atoms with E-state index in [4.69, 9.17) is 18.9 Å². The first-order valence-electron chi connectivity index (χ1n) is 6.07. The molecule has 2 aliphatic rings. The Balaban J connectivity index is 1.68. The van der Waals surface area contributed by atoms with E-state index in [9.17, 15) is 0 Å². The Morgan fingerprint density at radius 3 is 2.76 bits per heavy atom. The molecule has 0 saturated carbocycles. The maximum atomic E-state index is 5.83. The molecule has 2 fully saturated rings. The van der Waals surface area contributed by atoms with Crippen LogP contribution in [0.5, 0.6) is 0 Å². The van der Waals surface area contributed by atoms with E-state index in [1.807, 2.05) is 0 Å². The molecule has 0 aromatic heterocycles. The van der Waals surface area contributed by atoms with Crippen molar-refractivity contribution < 1.29 is 18.9 Å². The molecule has 0 radical (unpaired) electrons. The highest BCUT2D eigenvalue weighted by molar-refractivity contribution is 4.96. The third-order valence-electron chi connectivity index (χ3n) is 3.31. The molecule has 2 heterocycles. The van der Waals surface area contributed by atoms with E-state index in [-0.39, 0.29) is 12.2 Å². The third-order valence-corrected chi connectivity index (χ3v) is 3.31. The Morgan fingerprint density at radius 1 is 1.18 bits per heavy atom. The van der Waals surface area contributed by atoms with Crippen molar-refractivity contribution in [1.29, 1.82) is 0 Å². The van der Waals surface area contributed by atoms with Gasteiger partial charge in [0.25, 0.3) is 0 Å². The van der Waals surface area contributed by atoms with Crippen molar-refractivity contribution in [2.75, 3.05) is 19.8 Å². The van der Waals surface area contributed by atoms with Crippen molar-refractivity contribution in [3.63, 3.8) is 0 Å². The fourth-order valence-corrected chi connectivity index (χ4v) is 2.64. The summed E-state index contributed by atoms with van der Waals surface area (Å²) in [6, 6.07) is 0. The first kappa shape index (κ1) is 12.5. The highest BCUT2D eigenvalue weighted by Gasteiger charge is 2.48. The number of hydrogen-bond donors (Lipinski definition) is 0. The largest absolute Gasteiger partial charge is 0.499 e. The standard InChI is InChI=1S/C13H20O4/c1-3-14-5-6-15-9-10-7-11-8-12(16-4-2)13(10)17-11/h3-4,10-13H,1-2,5-9H2. The Morgan fingerprint density at radius 2 is 2.06 bits per heavy atom.